The maximum atomic E-state index is 11.2. The molecule has 1 aliphatic heterocycles. The van der Waals surface area contributed by atoms with E-state index in [1.54, 1.807) is 13.8 Å². The number of rotatable bonds is 6. The smallest absolute Gasteiger partial charge is 0.374 e. The Morgan fingerprint density at radius 1 is 1.50 bits per heavy atom. The van der Waals surface area contributed by atoms with Crippen LogP contribution in [0.5, 0.6) is 0 Å². The summed E-state index contributed by atoms with van der Waals surface area (Å²) in [5, 5.41) is 21.1. The molecule has 0 amide bonds. The van der Waals surface area contributed by atoms with Gasteiger partial charge >= 0.3 is 7.82 Å². The van der Waals surface area contributed by atoms with Crippen molar-refractivity contribution in [1.82, 2.24) is 10.4 Å². The van der Waals surface area contributed by atoms with Crippen LogP contribution in [0.1, 0.15) is 13.8 Å². The second-order valence-corrected chi connectivity index (χ2v) is 6.01. The lowest BCUT2D eigenvalue weighted by Crippen LogP contribution is -2.65. The molecule has 10 heteroatoms. The Labute approximate surface area is 117 Å². The second kappa shape index (κ2) is 6.97. The minimum absolute atomic E-state index is 0.381. The van der Waals surface area contributed by atoms with Crippen molar-refractivity contribution in [3.63, 3.8) is 0 Å². The van der Waals surface area contributed by atoms with E-state index >= 15 is 0 Å². The van der Waals surface area contributed by atoms with Crippen LogP contribution in [0.25, 0.3) is 0 Å². The molecule has 20 heavy (non-hydrogen) atoms. The Kier molecular flexibility index (Phi) is 6.11. The van der Waals surface area contributed by atoms with Gasteiger partial charge in [-0.25, -0.2) is 4.57 Å². The first kappa shape index (κ1) is 17.5. The molecule has 1 rings (SSSR count). The molecular formula is C10H21N2O7P. The van der Waals surface area contributed by atoms with Gasteiger partial charge in [0.15, 0.2) is 12.5 Å². The molecular weight excluding hydrogens is 291 g/mol. The standard InChI is InChI=1S/C10H21N2O7P/c1-6(2)11-12-9(13)7(3)19-8(10(12)14)5-18-20(15,16)17-4/h7-11,13-14H,1,5H2,2-4H3,(H,15,16). The molecule has 4 N–H and O–H groups in total. The third kappa shape index (κ3) is 4.51. The molecule has 0 aromatic rings. The van der Waals surface area contributed by atoms with Crippen LogP contribution in [0.2, 0.25) is 0 Å². The van der Waals surface area contributed by atoms with E-state index in [9.17, 15) is 14.8 Å². The van der Waals surface area contributed by atoms with Gasteiger partial charge in [0.25, 0.3) is 0 Å². The molecule has 1 saturated heterocycles. The fourth-order valence-corrected chi connectivity index (χ4v) is 2.12. The monoisotopic (exact) mass is 312 g/mol. The van der Waals surface area contributed by atoms with E-state index in [4.69, 9.17) is 9.63 Å². The zero-order valence-corrected chi connectivity index (χ0v) is 12.5. The zero-order chi connectivity index (χ0) is 15.5. The predicted octanol–water partition coefficient (Wildman–Crippen LogP) is -0.486. The maximum absolute atomic E-state index is 11.2. The van der Waals surface area contributed by atoms with Gasteiger partial charge in [-0.15, -0.1) is 0 Å². The van der Waals surface area contributed by atoms with Crippen molar-refractivity contribution < 1.29 is 33.5 Å². The number of allylic oxidation sites excluding steroid dienone is 1. The van der Waals surface area contributed by atoms with Gasteiger partial charge in [-0.05, 0) is 13.8 Å². The summed E-state index contributed by atoms with van der Waals surface area (Å²) in [6.07, 6.45) is -4.01. The van der Waals surface area contributed by atoms with Gasteiger partial charge in [0.1, 0.15) is 6.10 Å². The van der Waals surface area contributed by atoms with Crippen LogP contribution in [0, 0.1) is 0 Å². The summed E-state index contributed by atoms with van der Waals surface area (Å²) in [6.45, 7) is 6.47. The average molecular weight is 312 g/mol. The van der Waals surface area contributed by atoms with Gasteiger partial charge in [0, 0.05) is 12.8 Å². The number of aliphatic hydroxyl groups is 2. The number of hydrazine groups is 1. The fraction of sp³-hybridized carbons (Fsp3) is 0.800. The summed E-state index contributed by atoms with van der Waals surface area (Å²) in [6, 6.07) is 0. The predicted molar refractivity (Wildman–Crippen MR) is 68.9 cm³/mol. The summed E-state index contributed by atoms with van der Waals surface area (Å²) < 4.78 is 25.5. The van der Waals surface area contributed by atoms with Crippen LogP contribution in [-0.2, 0) is 18.3 Å². The van der Waals surface area contributed by atoms with Crippen LogP contribution < -0.4 is 5.43 Å². The number of phosphoric ester groups is 1. The molecule has 0 aliphatic carbocycles. The average Bonchev–Trinajstić information content (AvgIpc) is 2.37. The molecule has 0 radical (unpaired) electrons. The minimum Gasteiger partial charge on any atom is -0.374 e. The van der Waals surface area contributed by atoms with E-state index in [0.717, 1.165) is 12.1 Å². The fourth-order valence-electron chi connectivity index (χ4n) is 1.68. The quantitative estimate of drug-likeness (QED) is 0.481. The van der Waals surface area contributed by atoms with Gasteiger partial charge in [0.05, 0.1) is 12.7 Å². The molecule has 5 unspecified atom stereocenters. The number of nitrogens with one attached hydrogen (secondary N) is 1. The van der Waals surface area contributed by atoms with Crippen molar-refractivity contribution in [3.05, 3.63) is 12.3 Å². The molecule has 0 saturated carbocycles. The third-order valence-electron chi connectivity index (χ3n) is 2.66. The topological polar surface area (TPSA) is 121 Å². The highest BCUT2D eigenvalue weighted by Gasteiger charge is 2.41. The Bertz CT molecular complexity index is 394. The van der Waals surface area contributed by atoms with E-state index in [1.165, 1.54) is 0 Å². The van der Waals surface area contributed by atoms with Gasteiger partial charge in [-0.3, -0.25) is 9.05 Å². The van der Waals surface area contributed by atoms with E-state index < -0.39 is 32.5 Å². The first-order chi connectivity index (χ1) is 9.18. The SMILES string of the molecule is C=C(C)NN1C(O)C(C)OC(COP(=O)(O)OC)C1O. The molecule has 118 valence electrons. The summed E-state index contributed by atoms with van der Waals surface area (Å²) in [4.78, 5) is 9.15. The molecule has 5 atom stereocenters. The molecule has 0 bridgehead atoms. The summed E-state index contributed by atoms with van der Waals surface area (Å²) >= 11 is 0. The van der Waals surface area contributed by atoms with Crippen molar-refractivity contribution in [2.45, 2.75) is 38.5 Å². The molecule has 1 heterocycles. The van der Waals surface area contributed by atoms with Crippen molar-refractivity contribution in [3.8, 4) is 0 Å². The number of phosphoric acid groups is 1. The van der Waals surface area contributed by atoms with Gasteiger partial charge in [-0.1, -0.05) is 6.58 Å². The van der Waals surface area contributed by atoms with Crippen molar-refractivity contribution in [2.24, 2.45) is 0 Å². The highest BCUT2D eigenvalue weighted by Crippen LogP contribution is 2.42. The molecule has 1 aliphatic rings. The van der Waals surface area contributed by atoms with Gasteiger partial charge < -0.3 is 25.3 Å². The van der Waals surface area contributed by atoms with Crippen LogP contribution in [-0.4, -0.2) is 58.5 Å². The Balaban J connectivity index is 2.72. The van der Waals surface area contributed by atoms with Crippen LogP contribution >= 0.6 is 7.82 Å². The zero-order valence-electron chi connectivity index (χ0n) is 11.6. The summed E-state index contributed by atoms with van der Waals surface area (Å²) in [7, 11) is -3.13. The molecule has 0 aromatic heterocycles. The van der Waals surface area contributed by atoms with Crippen molar-refractivity contribution >= 4 is 7.82 Å². The second-order valence-electron chi connectivity index (χ2n) is 4.45. The highest BCUT2D eigenvalue weighted by molar-refractivity contribution is 7.47. The Morgan fingerprint density at radius 3 is 2.60 bits per heavy atom. The van der Waals surface area contributed by atoms with E-state index in [0.29, 0.717) is 5.70 Å². The van der Waals surface area contributed by atoms with Crippen LogP contribution in [0.3, 0.4) is 0 Å². The summed E-state index contributed by atoms with van der Waals surface area (Å²) in [5.74, 6) is 0. The van der Waals surface area contributed by atoms with E-state index in [1.807, 2.05) is 0 Å². The number of morpholine rings is 1. The normalized spacial score (nSPS) is 34.5. The largest absolute Gasteiger partial charge is 0.472 e. The Hall–Kier alpha value is -0.510. The minimum atomic E-state index is -4.16. The highest BCUT2D eigenvalue weighted by atomic mass is 31.2. The van der Waals surface area contributed by atoms with Crippen LogP contribution in [0.4, 0.5) is 0 Å². The first-order valence-corrected chi connectivity index (χ1v) is 7.42. The van der Waals surface area contributed by atoms with Crippen molar-refractivity contribution in [2.75, 3.05) is 13.7 Å². The first-order valence-electron chi connectivity index (χ1n) is 5.93. The Morgan fingerprint density at radius 2 is 2.10 bits per heavy atom. The number of ether oxygens (including phenoxy) is 1. The van der Waals surface area contributed by atoms with Gasteiger partial charge in [-0.2, -0.15) is 5.01 Å². The third-order valence-corrected chi connectivity index (χ3v) is 3.60. The lowest BCUT2D eigenvalue weighted by atomic mass is 10.2. The summed E-state index contributed by atoms with van der Waals surface area (Å²) in [5.41, 5.74) is 3.19. The molecule has 0 spiro atoms. The maximum Gasteiger partial charge on any atom is 0.472 e. The number of nitrogens with zero attached hydrogens (tertiary/aromatic N) is 1. The van der Waals surface area contributed by atoms with Crippen molar-refractivity contribution in [1.29, 1.82) is 0 Å². The molecule has 9 nitrogen and oxygen atoms in total. The van der Waals surface area contributed by atoms with E-state index in [-0.39, 0.29) is 6.61 Å². The molecule has 1 fully saturated rings. The molecule has 0 aromatic carbocycles. The number of hydrogen-bond acceptors (Lipinski definition) is 8. The van der Waals surface area contributed by atoms with E-state index in [2.05, 4.69) is 21.1 Å². The van der Waals surface area contributed by atoms with Gasteiger partial charge in [0.2, 0.25) is 0 Å². The van der Waals surface area contributed by atoms with Crippen LogP contribution in [0.15, 0.2) is 12.3 Å². The lowest BCUT2D eigenvalue weighted by Gasteiger charge is -2.44. The number of hydrogen-bond donors (Lipinski definition) is 4. The number of aliphatic hydroxyl groups excluding tert-OH is 2. The lowest BCUT2D eigenvalue weighted by molar-refractivity contribution is -0.276.